The second-order valence-corrected chi connectivity index (χ2v) is 8.54. The SMILES string of the molecule is COC(=O)CNC(=O)[C@@H]1Cc2ccccc2CN1S(=O)(=O)c1ccc(C)cc1. The van der Waals surface area contributed by atoms with Crippen LogP contribution in [0.5, 0.6) is 0 Å². The first-order chi connectivity index (χ1) is 13.3. The van der Waals surface area contributed by atoms with Gasteiger partial charge in [-0.05, 0) is 36.6 Å². The number of fused-ring (bicyclic) bond motifs is 1. The van der Waals surface area contributed by atoms with Crippen molar-refractivity contribution in [1.29, 1.82) is 0 Å². The number of carbonyl (C=O) groups is 2. The van der Waals surface area contributed by atoms with Gasteiger partial charge in [-0.1, -0.05) is 42.0 Å². The summed E-state index contributed by atoms with van der Waals surface area (Å²) in [6, 6.07) is 13.0. The molecule has 28 heavy (non-hydrogen) atoms. The molecule has 1 amide bonds. The Morgan fingerprint density at radius 1 is 1.11 bits per heavy atom. The Kier molecular flexibility index (Phi) is 5.81. The second kappa shape index (κ2) is 8.12. The van der Waals surface area contributed by atoms with Gasteiger partial charge in [-0.25, -0.2) is 8.42 Å². The highest BCUT2D eigenvalue weighted by atomic mass is 32.2. The number of aryl methyl sites for hydroxylation is 1. The fourth-order valence-electron chi connectivity index (χ4n) is 3.17. The van der Waals surface area contributed by atoms with E-state index in [2.05, 4.69) is 10.1 Å². The van der Waals surface area contributed by atoms with Crippen molar-refractivity contribution in [2.24, 2.45) is 0 Å². The number of rotatable bonds is 5. The third-order valence-corrected chi connectivity index (χ3v) is 6.64. The van der Waals surface area contributed by atoms with Gasteiger partial charge >= 0.3 is 5.97 Å². The molecule has 0 aliphatic carbocycles. The van der Waals surface area contributed by atoms with Crippen molar-refractivity contribution in [2.75, 3.05) is 13.7 Å². The topological polar surface area (TPSA) is 92.8 Å². The molecule has 1 heterocycles. The minimum Gasteiger partial charge on any atom is -0.468 e. The van der Waals surface area contributed by atoms with Crippen molar-refractivity contribution < 1.29 is 22.7 Å². The molecular formula is C20H22N2O5S. The number of hydrogen-bond acceptors (Lipinski definition) is 5. The number of nitrogens with zero attached hydrogens (tertiary/aromatic N) is 1. The predicted molar refractivity (Wildman–Crippen MR) is 103 cm³/mol. The number of esters is 1. The standard InChI is InChI=1S/C20H22N2O5S/c1-14-7-9-17(10-8-14)28(25,26)22-13-16-6-4-3-5-15(16)11-18(22)20(24)21-12-19(23)27-2/h3-10,18H,11-13H2,1-2H3,(H,21,24)/t18-/m0/s1. The number of nitrogens with one attached hydrogen (secondary N) is 1. The van der Waals surface area contributed by atoms with Crippen LogP contribution in [0.3, 0.4) is 0 Å². The summed E-state index contributed by atoms with van der Waals surface area (Å²) in [7, 11) is -2.68. The lowest BCUT2D eigenvalue weighted by Gasteiger charge is -2.35. The number of amides is 1. The van der Waals surface area contributed by atoms with Crippen molar-refractivity contribution in [3.63, 3.8) is 0 Å². The van der Waals surface area contributed by atoms with Gasteiger partial charge in [-0.15, -0.1) is 0 Å². The van der Waals surface area contributed by atoms with Gasteiger partial charge in [-0.3, -0.25) is 9.59 Å². The zero-order chi connectivity index (χ0) is 20.3. The van der Waals surface area contributed by atoms with Crippen LogP contribution in [0, 0.1) is 6.92 Å². The van der Waals surface area contributed by atoms with Crippen molar-refractivity contribution >= 4 is 21.9 Å². The molecule has 0 bridgehead atoms. The number of methoxy groups -OCH3 is 1. The maximum Gasteiger partial charge on any atom is 0.325 e. The van der Waals surface area contributed by atoms with Crippen LogP contribution in [0.1, 0.15) is 16.7 Å². The van der Waals surface area contributed by atoms with E-state index in [1.165, 1.54) is 23.5 Å². The number of benzene rings is 2. The molecule has 0 saturated carbocycles. The molecule has 148 valence electrons. The van der Waals surface area contributed by atoms with Crippen LogP contribution in [-0.4, -0.2) is 44.3 Å². The first kappa shape index (κ1) is 20.0. The summed E-state index contributed by atoms with van der Waals surface area (Å²) in [5, 5.41) is 2.48. The van der Waals surface area contributed by atoms with Crippen LogP contribution in [0.4, 0.5) is 0 Å². The molecule has 0 aromatic heterocycles. The normalized spacial score (nSPS) is 16.9. The third-order valence-electron chi connectivity index (χ3n) is 4.77. The maximum atomic E-state index is 13.3. The molecule has 7 nitrogen and oxygen atoms in total. The highest BCUT2D eigenvalue weighted by Gasteiger charge is 2.39. The fraction of sp³-hybridized carbons (Fsp3) is 0.300. The second-order valence-electron chi connectivity index (χ2n) is 6.65. The highest BCUT2D eigenvalue weighted by Crippen LogP contribution is 2.29. The average Bonchev–Trinajstić information content (AvgIpc) is 2.71. The van der Waals surface area contributed by atoms with Crippen molar-refractivity contribution in [1.82, 2.24) is 9.62 Å². The Morgan fingerprint density at radius 2 is 1.75 bits per heavy atom. The zero-order valence-corrected chi connectivity index (χ0v) is 16.5. The van der Waals surface area contributed by atoms with E-state index in [0.29, 0.717) is 0 Å². The van der Waals surface area contributed by atoms with Gasteiger partial charge in [0.1, 0.15) is 12.6 Å². The Labute approximate surface area is 164 Å². The molecular weight excluding hydrogens is 380 g/mol. The van der Waals surface area contributed by atoms with Gasteiger partial charge < -0.3 is 10.1 Å². The van der Waals surface area contributed by atoms with Crippen LogP contribution >= 0.6 is 0 Å². The highest BCUT2D eigenvalue weighted by molar-refractivity contribution is 7.89. The molecule has 1 aliphatic heterocycles. The zero-order valence-electron chi connectivity index (χ0n) is 15.7. The number of sulfonamides is 1. The molecule has 1 atom stereocenters. The number of hydrogen-bond donors (Lipinski definition) is 1. The number of ether oxygens (including phenoxy) is 1. The van der Waals surface area contributed by atoms with Crippen LogP contribution in [0.25, 0.3) is 0 Å². The van der Waals surface area contributed by atoms with Crippen molar-refractivity contribution in [2.45, 2.75) is 30.8 Å². The Hall–Kier alpha value is -2.71. The predicted octanol–water partition coefficient (Wildman–Crippen LogP) is 1.40. The Bertz CT molecular complexity index is 986. The van der Waals surface area contributed by atoms with Crippen molar-refractivity contribution in [3.05, 3.63) is 65.2 Å². The van der Waals surface area contributed by atoms with Gasteiger partial charge in [0.15, 0.2) is 0 Å². The largest absolute Gasteiger partial charge is 0.468 e. The van der Waals surface area contributed by atoms with Gasteiger partial charge in [0.05, 0.1) is 12.0 Å². The Morgan fingerprint density at radius 3 is 2.39 bits per heavy atom. The quantitative estimate of drug-likeness (QED) is 0.763. The van der Waals surface area contributed by atoms with E-state index in [-0.39, 0.29) is 24.4 Å². The molecule has 0 unspecified atom stereocenters. The summed E-state index contributed by atoms with van der Waals surface area (Å²) >= 11 is 0. The molecule has 1 aliphatic rings. The smallest absolute Gasteiger partial charge is 0.325 e. The molecule has 2 aromatic carbocycles. The molecule has 8 heteroatoms. The van der Waals surface area contributed by atoms with E-state index in [1.807, 2.05) is 31.2 Å². The number of carbonyl (C=O) groups excluding carboxylic acids is 2. The van der Waals surface area contributed by atoms with E-state index < -0.39 is 27.9 Å². The van der Waals surface area contributed by atoms with Crippen LogP contribution in [0.2, 0.25) is 0 Å². The Balaban J connectivity index is 1.96. The van der Waals surface area contributed by atoms with Crippen LogP contribution in [0.15, 0.2) is 53.4 Å². The van der Waals surface area contributed by atoms with Crippen LogP contribution in [-0.2, 0) is 37.3 Å². The van der Waals surface area contributed by atoms with E-state index in [1.54, 1.807) is 12.1 Å². The fourth-order valence-corrected chi connectivity index (χ4v) is 4.74. The third kappa shape index (κ3) is 4.07. The average molecular weight is 402 g/mol. The minimum absolute atomic E-state index is 0.0860. The molecule has 1 N–H and O–H groups in total. The summed E-state index contributed by atoms with van der Waals surface area (Å²) in [6.45, 7) is 1.64. The summed E-state index contributed by atoms with van der Waals surface area (Å²) in [5.41, 5.74) is 2.71. The van der Waals surface area contributed by atoms with Gasteiger partial charge in [0, 0.05) is 6.54 Å². The molecule has 0 spiro atoms. The van der Waals surface area contributed by atoms with E-state index in [0.717, 1.165) is 16.7 Å². The molecule has 0 fully saturated rings. The lowest BCUT2D eigenvalue weighted by molar-refractivity contribution is -0.141. The van der Waals surface area contributed by atoms with Gasteiger partial charge in [0.25, 0.3) is 0 Å². The first-order valence-electron chi connectivity index (χ1n) is 8.82. The lowest BCUT2D eigenvalue weighted by atomic mass is 9.95. The van der Waals surface area contributed by atoms with Crippen LogP contribution < -0.4 is 5.32 Å². The minimum atomic E-state index is -3.90. The van der Waals surface area contributed by atoms with E-state index in [9.17, 15) is 18.0 Å². The summed E-state index contributed by atoms with van der Waals surface area (Å²) < 4.78 is 32.3. The van der Waals surface area contributed by atoms with E-state index >= 15 is 0 Å². The lowest BCUT2D eigenvalue weighted by Crippen LogP contribution is -2.53. The summed E-state index contributed by atoms with van der Waals surface area (Å²) in [6.07, 6.45) is 0.230. The van der Waals surface area contributed by atoms with Gasteiger partial charge in [-0.2, -0.15) is 4.31 Å². The molecule has 0 saturated heterocycles. The van der Waals surface area contributed by atoms with Gasteiger partial charge in [0.2, 0.25) is 15.9 Å². The summed E-state index contributed by atoms with van der Waals surface area (Å²) in [4.78, 5) is 24.2. The first-order valence-corrected chi connectivity index (χ1v) is 10.3. The maximum absolute atomic E-state index is 13.3. The monoisotopic (exact) mass is 402 g/mol. The molecule has 3 rings (SSSR count). The van der Waals surface area contributed by atoms with E-state index in [4.69, 9.17) is 0 Å². The molecule has 0 radical (unpaired) electrons. The molecule has 2 aromatic rings. The summed E-state index contributed by atoms with van der Waals surface area (Å²) in [5.74, 6) is -1.13. The van der Waals surface area contributed by atoms with Crippen molar-refractivity contribution in [3.8, 4) is 0 Å².